The summed E-state index contributed by atoms with van der Waals surface area (Å²) in [5.74, 6) is 2.01. The summed E-state index contributed by atoms with van der Waals surface area (Å²) in [6.45, 7) is 9.16. The van der Waals surface area contributed by atoms with Crippen LogP contribution in [0.2, 0.25) is 0 Å². The third kappa shape index (κ3) is 5.12. The van der Waals surface area contributed by atoms with Crippen LogP contribution in [0.15, 0.2) is 12.4 Å². The molecular weight excluding hydrogens is 326 g/mol. The van der Waals surface area contributed by atoms with Gasteiger partial charge in [-0.2, -0.15) is 0 Å². The first-order chi connectivity index (χ1) is 12.1. The molecule has 0 spiro atoms. The molecule has 3 rings (SSSR count). The highest BCUT2D eigenvalue weighted by Gasteiger charge is 2.30. The molecule has 2 aliphatic carbocycles. The van der Waals surface area contributed by atoms with E-state index in [1.165, 1.54) is 77.0 Å². The van der Waals surface area contributed by atoms with E-state index in [0.717, 1.165) is 29.9 Å². The minimum atomic E-state index is 0.546. The second-order valence-corrected chi connectivity index (χ2v) is 8.92. The topological polar surface area (TPSA) is 18.5 Å². The van der Waals surface area contributed by atoms with Gasteiger partial charge in [0.05, 0.1) is 0 Å². The van der Waals surface area contributed by atoms with Crippen LogP contribution in [0.4, 0.5) is 0 Å². The van der Waals surface area contributed by atoms with E-state index in [0.29, 0.717) is 12.1 Å². The van der Waals surface area contributed by atoms with E-state index in [-0.39, 0.29) is 0 Å². The smallest absolute Gasteiger partial charge is 0.175 e. The number of hydrogen-bond acceptors (Lipinski definition) is 2. The molecule has 1 N–H and O–H groups in total. The molecular formula is C21H37N3S. The van der Waals surface area contributed by atoms with Gasteiger partial charge in [0, 0.05) is 25.2 Å². The van der Waals surface area contributed by atoms with Crippen molar-refractivity contribution in [1.29, 1.82) is 0 Å². The van der Waals surface area contributed by atoms with Crippen molar-refractivity contribution in [2.45, 2.75) is 96.1 Å². The number of hydrogen-bond donors (Lipinski definition) is 1. The van der Waals surface area contributed by atoms with E-state index in [2.05, 4.69) is 28.6 Å². The Morgan fingerprint density at radius 1 is 0.920 bits per heavy atom. The fourth-order valence-corrected chi connectivity index (χ4v) is 5.16. The maximum absolute atomic E-state index is 5.93. The van der Waals surface area contributed by atoms with Gasteiger partial charge in [-0.25, -0.2) is 0 Å². The minimum Gasteiger partial charge on any atom is -0.360 e. The molecule has 0 aromatic heterocycles. The first-order valence-corrected chi connectivity index (χ1v) is 11.1. The first kappa shape index (κ1) is 19.0. The van der Waals surface area contributed by atoms with Crippen molar-refractivity contribution in [3.8, 4) is 0 Å². The zero-order valence-electron chi connectivity index (χ0n) is 16.1. The van der Waals surface area contributed by atoms with Crippen LogP contribution in [-0.4, -0.2) is 40.1 Å². The van der Waals surface area contributed by atoms with E-state index < -0.39 is 0 Å². The van der Waals surface area contributed by atoms with Crippen molar-refractivity contribution >= 4 is 17.3 Å². The van der Waals surface area contributed by atoms with E-state index in [1.54, 1.807) is 0 Å². The predicted molar refractivity (Wildman–Crippen MR) is 110 cm³/mol. The molecule has 0 aromatic carbocycles. The summed E-state index contributed by atoms with van der Waals surface area (Å²) in [5, 5.41) is 4.66. The summed E-state index contributed by atoms with van der Waals surface area (Å²) >= 11 is 5.93. The molecule has 0 aromatic rings. The molecule has 1 aliphatic heterocycles. The average Bonchev–Trinajstić information content (AvgIpc) is 2.64. The van der Waals surface area contributed by atoms with Gasteiger partial charge in [-0.3, -0.25) is 0 Å². The molecule has 1 saturated heterocycles. The molecule has 0 bridgehead atoms. The number of thiocarbonyl (C=S) groups is 1. The van der Waals surface area contributed by atoms with E-state index >= 15 is 0 Å². The van der Waals surface area contributed by atoms with Gasteiger partial charge in [0.15, 0.2) is 5.11 Å². The predicted octanol–water partition coefficient (Wildman–Crippen LogP) is 5.03. The monoisotopic (exact) mass is 363 g/mol. The highest BCUT2D eigenvalue weighted by molar-refractivity contribution is 7.80. The molecule has 0 amide bonds. The van der Waals surface area contributed by atoms with Crippen molar-refractivity contribution in [1.82, 2.24) is 15.1 Å². The van der Waals surface area contributed by atoms with Gasteiger partial charge in [0.25, 0.3) is 0 Å². The second kappa shape index (κ2) is 9.25. The highest BCUT2D eigenvalue weighted by Crippen LogP contribution is 2.29. The van der Waals surface area contributed by atoms with Gasteiger partial charge in [-0.05, 0) is 56.7 Å². The molecule has 4 heteroatoms. The minimum absolute atomic E-state index is 0.546. The van der Waals surface area contributed by atoms with Crippen LogP contribution in [0.1, 0.15) is 84.0 Å². The molecule has 25 heavy (non-hydrogen) atoms. The largest absolute Gasteiger partial charge is 0.360 e. The van der Waals surface area contributed by atoms with Crippen LogP contribution in [-0.2, 0) is 0 Å². The van der Waals surface area contributed by atoms with E-state index in [4.69, 9.17) is 12.2 Å². The normalized spacial score (nSPS) is 24.1. The summed E-state index contributed by atoms with van der Waals surface area (Å²) in [7, 11) is 0. The van der Waals surface area contributed by atoms with E-state index in [9.17, 15) is 0 Å². The quantitative estimate of drug-likeness (QED) is 0.706. The van der Waals surface area contributed by atoms with Gasteiger partial charge in [-0.15, -0.1) is 0 Å². The van der Waals surface area contributed by atoms with Crippen LogP contribution in [0, 0.1) is 5.92 Å². The summed E-state index contributed by atoms with van der Waals surface area (Å²) in [4.78, 5) is 4.91. The van der Waals surface area contributed by atoms with Crippen molar-refractivity contribution in [3.63, 3.8) is 0 Å². The molecule has 1 heterocycles. The molecule has 142 valence electrons. The van der Waals surface area contributed by atoms with Crippen molar-refractivity contribution in [3.05, 3.63) is 12.4 Å². The summed E-state index contributed by atoms with van der Waals surface area (Å²) in [5.41, 5.74) is 0. The molecule has 0 radical (unpaired) electrons. The lowest BCUT2D eigenvalue weighted by Crippen LogP contribution is -2.53. The molecule has 3 aliphatic rings. The second-order valence-electron chi connectivity index (χ2n) is 8.53. The zero-order valence-corrected chi connectivity index (χ0v) is 17.0. The van der Waals surface area contributed by atoms with Crippen LogP contribution in [0.5, 0.6) is 0 Å². The number of nitrogens with zero attached hydrogens (tertiary/aromatic N) is 2. The van der Waals surface area contributed by atoms with E-state index in [1.807, 2.05) is 0 Å². The van der Waals surface area contributed by atoms with Gasteiger partial charge in [0.2, 0.25) is 0 Å². The Morgan fingerprint density at radius 3 is 2.08 bits per heavy atom. The van der Waals surface area contributed by atoms with Crippen LogP contribution in [0.3, 0.4) is 0 Å². The van der Waals surface area contributed by atoms with Gasteiger partial charge in [0.1, 0.15) is 5.82 Å². The Morgan fingerprint density at radius 2 is 1.48 bits per heavy atom. The van der Waals surface area contributed by atoms with Crippen LogP contribution >= 0.6 is 12.2 Å². The Hall–Kier alpha value is -0.770. The van der Waals surface area contributed by atoms with Crippen molar-refractivity contribution in [2.75, 3.05) is 13.1 Å². The Labute approximate surface area is 160 Å². The van der Waals surface area contributed by atoms with Crippen LogP contribution < -0.4 is 5.32 Å². The summed E-state index contributed by atoms with van der Waals surface area (Å²) in [6, 6.07) is 1.12. The lowest BCUT2D eigenvalue weighted by molar-refractivity contribution is 0.163. The molecule has 0 unspecified atom stereocenters. The highest BCUT2D eigenvalue weighted by atomic mass is 32.1. The Bertz CT molecular complexity index is 444. The Balaban J connectivity index is 1.67. The first-order valence-electron chi connectivity index (χ1n) is 10.7. The summed E-state index contributed by atoms with van der Waals surface area (Å²) in [6.07, 6.45) is 15.7. The number of rotatable bonds is 4. The third-order valence-corrected chi connectivity index (χ3v) is 6.83. The zero-order chi connectivity index (χ0) is 17.6. The van der Waals surface area contributed by atoms with Gasteiger partial charge < -0.3 is 15.1 Å². The molecule has 2 saturated carbocycles. The fraction of sp³-hybridized carbons (Fsp3) is 0.857. The van der Waals surface area contributed by atoms with Gasteiger partial charge >= 0.3 is 0 Å². The number of nitrogens with one attached hydrogen (secondary N) is 1. The number of piperidine rings is 1. The molecule has 3 fully saturated rings. The average molecular weight is 364 g/mol. The SMILES string of the molecule is C=C(N1CCC(C)CC1)N(C(=S)NC1CCCCC1)C1CCCCC1. The summed E-state index contributed by atoms with van der Waals surface area (Å²) < 4.78 is 0. The lowest BCUT2D eigenvalue weighted by Gasteiger charge is -2.44. The maximum Gasteiger partial charge on any atom is 0.175 e. The molecule has 3 nitrogen and oxygen atoms in total. The maximum atomic E-state index is 5.93. The Kier molecular flexibility index (Phi) is 7.03. The fourth-order valence-electron chi connectivity index (χ4n) is 4.74. The molecule has 0 atom stereocenters. The standard InChI is InChI=1S/C21H37N3S/c1-17-13-15-23(16-14-17)18(2)24(20-11-7-4-8-12-20)21(25)22-19-9-5-3-6-10-19/h17,19-20H,2-16H2,1H3,(H,22,25). The van der Waals surface area contributed by atoms with Crippen molar-refractivity contribution < 1.29 is 0 Å². The van der Waals surface area contributed by atoms with Crippen LogP contribution in [0.25, 0.3) is 0 Å². The lowest BCUT2D eigenvalue weighted by atomic mass is 9.93. The number of likely N-dealkylation sites (tertiary alicyclic amines) is 1. The van der Waals surface area contributed by atoms with Gasteiger partial charge in [-0.1, -0.05) is 52.0 Å². The van der Waals surface area contributed by atoms with Crippen molar-refractivity contribution in [2.24, 2.45) is 5.92 Å². The third-order valence-electron chi connectivity index (χ3n) is 6.52.